The lowest BCUT2D eigenvalue weighted by atomic mass is 10.1. The van der Waals surface area contributed by atoms with Gasteiger partial charge in [-0.25, -0.2) is 0 Å². The van der Waals surface area contributed by atoms with Crippen LogP contribution >= 0.6 is 0 Å². The zero-order valence-electron chi connectivity index (χ0n) is 12.1. The minimum absolute atomic E-state index is 0.0661. The molecule has 3 heterocycles. The van der Waals surface area contributed by atoms with Crippen LogP contribution in [0.25, 0.3) is 11.4 Å². The van der Waals surface area contributed by atoms with E-state index in [9.17, 15) is 4.79 Å². The van der Waals surface area contributed by atoms with Gasteiger partial charge in [-0.2, -0.15) is 5.10 Å². The molecule has 0 amide bonds. The first kappa shape index (κ1) is 14.0. The molecule has 0 N–H and O–H groups in total. The predicted octanol–water partition coefficient (Wildman–Crippen LogP) is 2.67. The molecule has 0 fully saturated rings. The number of Topliss-reactive ketones (excluding diaryl/α,β-unsaturated/α-hetero) is 1. The lowest BCUT2D eigenvalue weighted by Gasteiger charge is -2.02. The Morgan fingerprint density at radius 1 is 0.955 bits per heavy atom. The van der Waals surface area contributed by atoms with Gasteiger partial charge in [-0.05, 0) is 43.3 Å². The Bertz CT molecular complexity index is 785. The number of hydrogen-bond acceptors (Lipinski definition) is 5. The minimum Gasteiger partial charge on any atom is -0.292 e. The molecule has 3 rings (SSSR count). The van der Waals surface area contributed by atoms with Crippen LogP contribution in [-0.4, -0.2) is 25.9 Å². The highest BCUT2D eigenvalue weighted by atomic mass is 16.1. The van der Waals surface area contributed by atoms with E-state index in [0.29, 0.717) is 17.1 Å². The highest BCUT2D eigenvalue weighted by Gasteiger charge is 2.10. The number of aromatic nitrogens is 4. The summed E-state index contributed by atoms with van der Waals surface area (Å²) in [5.41, 5.74) is 3.34. The van der Waals surface area contributed by atoms with Crippen molar-refractivity contribution in [3.05, 3.63) is 71.8 Å². The molecule has 0 aliphatic heterocycles. The van der Waals surface area contributed by atoms with E-state index < -0.39 is 0 Å². The van der Waals surface area contributed by atoms with Gasteiger partial charge >= 0.3 is 0 Å². The highest BCUT2D eigenvalue weighted by Crippen LogP contribution is 2.12. The molecule has 108 valence electrons. The van der Waals surface area contributed by atoms with Gasteiger partial charge < -0.3 is 0 Å². The molecule has 0 aliphatic carbocycles. The summed E-state index contributed by atoms with van der Waals surface area (Å²) >= 11 is 0. The molecular weight excluding hydrogens is 276 g/mol. The van der Waals surface area contributed by atoms with E-state index in [-0.39, 0.29) is 12.2 Å². The molecule has 0 atom stereocenters. The summed E-state index contributed by atoms with van der Waals surface area (Å²) < 4.78 is 0. The lowest BCUT2D eigenvalue weighted by molar-refractivity contribution is 0.0986. The average molecular weight is 290 g/mol. The number of pyridine rings is 2. The van der Waals surface area contributed by atoms with Gasteiger partial charge in [-0.15, -0.1) is 5.10 Å². The van der Waals surface area contributed by atoms with Gasteiger partial charge in [-0.1, -0.05) is 12.1 Å². The first-order chi connectivity index (χ1) is 10.7. The molecule has 0 unspecified atom stereocenters. The van der Waals surface area contributed by atoms with Crippen molar-refractivity contribution in [3.8, 4) is 11.4 Å². The Morgan fingerprint density at radius 2 is 1.86 bits per heavy atom. The predicted molar refractivity (Wildman–Crippen MR) is 82.3 cm³/mol. The minimum atomic E-state index is -0.0661. The fourth-order valence-corrected chi connectivity index (χ4v) is 2.06. The van der Waals surface area contributed by atoms with Crippen LogP contribution in [-0.2, 0) is 6.42 Å². The largest absolute Gasteiger partial charge is 0.292 e. The normalized spacial score (nSPS) is 10.4. The number of rotatable bonds is 4. The molecule has 0 aliphatic rings. The number of ketones is 1. The molecule has 5 nitrogen and oxygen atoms in total. The Labute approximate surface area is 128 Å². The molecule has 0 aromatic carbocycles. The average Bonchev–Trinajstić information content (AvgIpc) is 2.56. The summed E-state index contributed by atoms with van der Waals surface area (Å²) in [7, 11) is 0. The van der Waals surface area contributed by atoms with E-state index in [1.54, 1.807) is 18.3 Å². The summed E-state index contributed by atoms with van der Waals surface area (Å²) in [6.07, 6.45) is 1.89. The maximum absolute atomic E-state index is 12.2. The maximum atomic E-state index is 12.2. The van der Waals surface area contributed by atoms with Gasteiger partial charge in [0.15, 0.2) is 5.78 Å². The first-order valence-electron chi connectivity index (χ1n) is 6.93. The van der Waals surface area contributed by atoms with Crippen LogP contribution in [0.15, 0.2) is 54.7 Å². The monoisotopic (exact) mass is 290 g/mol. The maximum Gasteiger partial charge on any atom is 0.187 e. The van der Waals surface area contributed by atoms with Crippen molar-refractivity contribution in [3.63, 3.8) is 0 Å². The Morgan fingerprint density at radius 3 is 2.55 bits per heavy atom. The van der Waals surface area contributed by atoms with Gasteiger partial charge in [0, 0.05) is 11.9 Å². The van der Waals surface area contributed by atoms with E-state index in [1.807, 2.05) is 43.3 Å². The van der Waals surface area contributed by atoms with E-state index in [0.717, 1.165) is 11.4 Å². The quantitative estimate of drug-likeness (QED) is 0.691. The summed E-state index contributed by atoms with van der Waals surface area (Å²) in [5.74, 6) is -0.0661. The molecule has 0 radical (unpaired) electrons. The van der Waals surface area contributed by atoms with Gasteiger partial charge in [0.2, 0.25) is 0 Å². The Hall–Kier alpha value is -2.95. The molecule has 0 saturated heterocycles. The first-order valence-corrected chi connectivity index (χ1v) is 6.93. The number of carbonyl (C=O) groups is 1. The third kappa shape index (κ3) is 3.20. The van der Waals surface area contributed by atoms with Crippen molar-refractivity contribution in [2.45, 2.75) is 13.3 Å². The Kier molecular flexibility index (Phi) is 3.96. The van der Waals surface area contributed by atoms with Crippen LogP contribution in [0.4, 0.5) is 0 Å². The van der Waals surface area contributed by atoms with Crippen LogP contribution in [0.1, 0.15) is 21.9 Å². The van der Waals surface area contributed by atoms with Crippen molar-refractivity contribution >= 4 is 5.78 Å². The molecule has 0 saturated carbocycles. The summed E-state index contributed by atoms with van der Waals surface area (Å²) in [6, 6.07) is 14.6. The van der Waals surface area contributed by atoms with Crippen molar-refractivity contribution in [2.24, 2.45) is 0 Å². The summed E-state index contributed by atoms with van der Waals surface area (Å²) in [5, 5.41) is 8.23. The molecule has 0 bridgehead atoms. The number of carbonyl (C=O) groups excluding carboxylic acids is 1. The van der Waals surface area contributed by atoms with E-state index in [1.165, 1.54) is 0 Å². The molecule has 0 spiro atoms. The van der Waals surface area contributed by atoms with Crippen molar-refractivity contribution in [2.75, 3.05) is 0 Å². The van der Waals surface area contributed by atoms with E-state index in [2.05, 4.69) is 20.2 Å². The SMILES string of the molecule is Cc1cccc(C(=O)Cc2ccc(-c3ccccn3)nn2)n1. The number of aryl methyl sites for hydroxylation is 1. The van der Waals surface area contributed by atoms with Gasteiger partial charge in [0.1, 0.15) is 11.4 Å². The van der Waals surface area contributed by atoms with Crippen molar-refractivity contribution < 1.29 is 4.79 Å². The number of nitrogens with zero attached hydrogens (tertiary/aromatic N) is 4. The Balaban J connectivity index is 1.75. The van der Waals surface area contributed by atoms with Crippen LogP contribution < -0.4 is 0 Å². The fourth-order valence-electron chi connectivity index (χ4n) is 2.06. The second kappa shape index (κ2) is 6.22. The zero-order valence-corrected chi connectivity index (χ0v) is 12.1. The van der Waals surface area contributed by atoms with Crippen LogP contribution in [0, 0.1) is 6.92 Å². The third-order valence-electron chi connectivity index (χ3n) is 3.16. The van der Waals surface area contributed by atoms with E-state index in [4.69, 9.17) is 0 Å². The topological polar surface area (TPSA) is 68.6 Å². The second-order valence-corrected chi connectivity index (χ2v) is 4.89. The summed E-state index contributed by atoms with van der Waals surface area (Å²) in [4.78, 5) is 20.6. The number of hydrogen-bond donors (Lipinski definition) is 0. The molecule has 22 heavy (non-hydrogen) atoms. The zero-order chi connectivity index (χ0) is 15.4. The van der Waals surface area contributed by atoms with Crippen LogP contribution in [0.2, 0.25) is 0 Å². The second-order valence-electron chi connectivity index (χ2n) is 4.89. The fraction of sp³-hybridized carbons (Fsp3) is 0.118. The highest BCUT2D eigenvalue weighted by molar-refractivity contribution is 5.95. The molecule has 5 heteroatoms. The van der Waals surface area contributed by atoms with Crippen molar-refractivity contribution in [1.29, 1.82) is 0 Å². The third-order valence-corrected chi connectivity index (χ3v) is 3.16. The van der Waals surface area contributed by atoms with Crippen molar-refractivity contribution in [1.82, 2.24) is 20.2 Å². The van der Waals surface area contributed by atoms with Gasteiger partial charge in [0.25, 0.3) is 0 Å². The molecular formula is C17H14N4O. The molecule has 3 aromatic heterocycles. The standard InChI is InChI=1S/C17H14N4O/c1-12-5-4-7-16(19-12)17(22)11-13-8-9-15(21-20-13)14-6-2-3-10-18-14/h2-10H,11H2,1H3. The van der Waals surface area contributed by atoms with E-state index >= 15 is 0 Å². The smallest absolute Gasteiger partial charge is 0.187 e. The molecule has 3 aromatic rings. The lowest BCUT2D eigenvalue weighted by Crippen LogP contribution is -2.08. The van der Waals surface area contributed by atoms with Crippen LogP contribution in [0.5, 0.6) is 0 Å². The van der Waals surface area contributed by atoms with Crippen LogP contribution in [0.3, 0.4) is 0 Å². The summed E-state index contributed by atoms with van der Waals surface area (Å²) in [6.45, 7) is 1.86. The van der Waals surface area contributed by atoms with Gasteiger partial charge in [0.05, 0.1) is 17.8 Å². The van der Waals surface area contributed by atoms with Gasteiger partial charge in [-0.3, -0.25) is 14.8 Å².